The molecule has 1 aliphatic heterocycles. The molecule has 5 rings (SSSR count). The Morgan fingerprint density at radius 2 is 1.33 bits per heavy atom. The van der Waals surface area contributed by atoms with E-state index in [-0.39, 0.29) is 0 Å². The molecule has 1 aliphatic rings. The number of hydrogen-bond donors (Lipinski definition) is 0. The molecule has 0 N–H and O–H groups in total. The third-order valence-corrected chi connectivity index (χ3v) is 5.64. The Hall–Kier alpha value is -3.13. The van der Waals surface area contributed by atoms with Gasteiger partial charge in [0.2, 0.25) is 6.34 Å². The third kappa shape index (κ3) is 2.60. The average Bonchev–Trinajstić information content (AvgIpc) is 3.16. The third-order valence-electron chi connectivity index (χ3n) is 5.64. The minimum atomic E-state index is 0.998. The molecule has 0 amide bonds. The highest BCUT2D eigenvalue weighted by atomic mass is 15.3. The van der Waals surface area contributed by atoms with Crippen molar-refractivity contribution in [2.45, 2.75) is 13.8 Å². The molecule has 2 heteroatoms. The summed E-state index contributed by atoms with van der Waals surface area (Å²) >= 11 is 0. The summed E-state index contributed by atoms with van der Waals surface area (Å²) in [6.07, 6.45) is 2.30. The molecule has 0 aliphatic carbocycles. The molecule has 0 saturated heterocycles. The van der Waals surface area contributed by atoms with Crippen LogP contribution in [0.2, 0.25) is 0 Å². The first-order chi connectivity index (χ1) is 13.2. The fourth-order valence-corrected chi connectivity index (χ4v) is 4.33. The first-order valence-corrected chi connectivity index (χ1v) is 9.57. The van der Waals surface area contributed by atoms with Gasteiger partial charge in [0.15, 0.2) is 0 Å². The first-order valence-electron chi connectivity index (χ1n) is 9.57. The zero-order valence-electron chi connectivity index (χ0n) is 15.8. The predicted octanol–water partition coefficient (Wildman–Crippen LogP) is 5.80. The van der Waals surface area contributed by atoms with Gasteiger partial charge in [0.05, 0.1) is 0 Å². The standard InChI is InChI=1S/C25H23N2/c1-18-11-13-20-7-3-5-9-22(20)24(18)26-15-16-27(17-26)25-19(2)12-14-21-8-4-6-10-23(21)25/h3-14,17H,15-16H2,1-2H3/q+1. The fraction of sp³-hybridized carbons (Fsp3) is 0.160. The van der Waals surface area contributed by atoms with Crippen LogP contribution in [0, 0.1) is 13.8 Å². The van der Waals surface area contributed by atoms with Crippen LogP contribution in [0.1, 0.15) is 11.1 Å². The second-order valence-electron chi connectivity index (χ2n) is 7.41. The average molecular weight is 351 g/mol. The van der Waals surface area contributed by atoms with Crippen molar-refractivity contribution < 1.29 is 4.58 Å². The molecule has 27 heavy (non-hydrogen) atoms. The summed E-state index contributed by atoms with van der Waals surface area (Å²) in [6, 6.07) is 26.3. The molecule has 0 spiro atoms. The maximum absolute atomic E-state index is 2.42. The molecule has 2 nitrogen and oxygen atoms in total. The summed E-state index contributed by atoms with van der Waals surface area (Å²) in [7, 11) is 0. The van der Waals surface area contributed by atoms with Crippen molar-refractivity contribution in [2.75, 3.05) is 18.0 Å². The van der Waals surface area contributed by atoms with Crippen LogP contribution in [0.25, 0.3) is 21.5 Å². The van der Waals surface area contributed by atoms with Gasteiger partial charge in [0.25, 0.3) is 0 Å². The summed E-state index contributed by atoms with van der Waals surface area (Å²) in [5.74, 6) is 0. The second kappa shape index (κ2) is 6.24. The van der Waals surface area contributed by atoms with Crippen LogP contribution in [-0.4, -0.2) is 24.0 Å². The Morgan fingerprint density at radius 1 is 0.704 bits per heavy atom. The van der Waals surface area contributed by atoms with Crippen molar-refractivity contribution in [2.24, 2.45) is 0 Å². The Bertz CT molecular complexity index is 1200. The van der Waals surface area contributed by atoms with Gasteiger partial charge < -0.3 is 0 Å². The van der Waals surface area contributed by atoms with Crippen LogP contribution < -0.4 is 4.90 Å². The Morgan fingerprint density at radius 3 is 2.11 bits per heavy atom. The summed E-state index contributed by atoms with van der Waals surface area (Å²) in [5, 5.41) is 5.24. The molecule has 0 radical (unpaired) electrons. The molecule has 4 aromatic carbocycles. The maximum atomic E-state index is 2.42. The van der Waals surface area contributed by atoms with Crippen molar-refractivity contribution in [3.8, 4) is 0 Å². The Kier molecular flexibility index (Phi) is 3.71. The van der Waals surface area contributed by atoms with Gasteiger partial charge in [-0.3, -0.25) is 0 Å². The highest BCUT2D eigenvalue weighted by molar-refractivity contribution is 6.01. The van der Waals surface area contributed by atoms with Gasteiger partial charge in [-0.25, -0.2) is 9.48 Å². The lowest BCUT2D eigenvalue weighted by atomic mass is 10.0. The van der Waals surface area contributed by atoms with Crippen LogP contribution in [-0.2, 0) is 0 Å². The van der Waals surface area contributed by atoms with Gasteiger partial charge in [0, 0.05) is 10.8 Å². The minimum Gasteiger partial charge on any atom is -0.229 e. The first kappa shape index (κ1) is 16.1. The number of aryl methyl sites for hydroxylation is 2. The summed E-state index contributed by atoms with van der Waals surface area (Å²) in [5.41, 5.74) is 5.30. The van der Waals surface area contributed by atoms with E-state index in [1.165, 1.54) is 44.0 Å². The topological polar surface area (TPSA) is 6.25 Å². The number of nitrogens with zero attached hydrogens (tertiary/aromatic N) is 2. The molecule has 0 unspecified atom stereocenters. The van der Waals surface area contributed by atoms with E-state index >= 15 is 0 Å². The zero-order chi connectivity index (χ0) is 18.4. The lowest BCUT2D eigenvalue weighted by molar-refractivity contribution is -0.422. The number of rotatable bonds is 2. The zero-order valence-corrected chi connectivity index (χ0v) is 15.8. The molecule has 0 fully saturated rings. The summed E-state index contributed by atoms with van der Waals surface area (Å²) in [4.78, 5) is 2.42. The van der Waals surface area contributed by atoms with Crippen LogP contribution >= 0.6 is 0 Å². The molecular weight excluding hydrogens is 328 g/mol. The van der Waals surface area contributed by atoms with Gasteiger partial charge in [-0.1, -0.05) is 72.8 Å². The van der Waals surface area contributed by atoms with Gasteiger partial charge in [-0.2, -0.15) is 0 Å². The summed E-state index contributed by atoms with van der Waals surface area (Å²) < 4.78 is 2.42. The van der Waals surface area contributed by atoms with Crippen molar-refractivity contribution in [3.05, 3.63) is 83.9 Å². The predicted molar refractivity (Wildman–Crippen MR) is 116 cm³/mol. The van der Waals surface area contributed by atoms with E-state index < -0.39 is 0 Å². The molecule has 4 aromatic rings. The number of fused-ring (bicyclic) bond motifs is 2. The number of benzene rings is 4. The largest absolute Gasteiger partial charge is 0.244 e. The highest BCUT2D eigenvalue weighted by Crippen LogP contribution is 2.34. The van der Waals surface area contributed by atoms with Crippen LogP contribution in [0.3, 0.4) is 0 Å². The maximum Gasteiger partial charge on any atom is 0.244 e. The molecule has 0 bridgehead atoms. The quantitative estimate of drug-likeness (QED) is 0.414. The summed E-state index contributed by atoms with van der Waals surface area (Å²) in [6.45, 7) is 6.41. The van der Waals surface area contributed by atoms with E-state index in [1.807, 2.05) is 0 Å². The fourth-order valence-electron chi connectivity index (χ4n) is 4.33. The number of anilines is 1. The van der Waals surface area contributed by atoms with Gasteiger partial charge >= 0.3 is 0 Å². The van der Waals surface area contributed by atoms with E-state index in [2.05, 4.69) is 102 Å². The van der Waals surface area contributed by atoms with Crippen LogP contribution in [0.15, 0.2) is 72.8 Å². The molecular formula is C25H23N2+. The SMILES string of the molecule is Cc1ccc2ccccc2c1N1C=[N+](c2c(C)ccc3ccccc23)CC1. The molecule has 1 heterocycles. The van der Waals surface area contributed by atoms with E-state index in [0.717, 1.165) is 13.1 Å². The van der Waals surface area contributed by atoms with Crippen molar-refractivity contribution >= 4 is 39.3 Å². The highest BCUT2D eigenvalue weighted by Gasteiger charge is 2.27. The van der Waals surface area contributed by atoms with Gasteiger partial charge in [0.1, 0.15) is 24.5 Å². The van der Waals surface area contributed by atoms with E-state index in [9.17, 15) is 0 Å². The molecule has 132 valence electrons. The Labute approximate surface area is 160 Å². The Balaban J connectivity index is 1.67. The van der Waals surface area contributed by atoms with Crippen molar-refractivity contribution in [1.29, 1.82) is 0 Å². The van der Waals surface area contributed by atoms with Crippen molar-refractivity contribution in [1.82, 2.24) is 0 Å². The van der Waals surface area contributed by atoms with Crippen LogP contribution in [0.5, 0.6) is 0 Å². The second-order valence-corrected chi connectivity index (χ2v) is 7.41. The van der Waals surface area contributed by atoms with E-state index in [1.54, 1.807) is 0 Å². The monoisotopic (exact) mass is 351 g/mol. The smallest absolute Gasteiger partial charge is 0.229 e. The van der Waals surface area contributed by atoms with Crippen LogP contribution in [0.4, 0.5) is 11.4 Å². The van der Waals surface area contributed by atoms with E-state index in [0.29, 0.717) is 0 Å². The van der Waals surface area contributed by atoms with Gasteiger partial charge in [-0.15, -0.1) is 0 Å². The van der Waals surface area contributed by atoms with Gasteiger partial charge in [-0.05, 0) is 35.7 Å². The molecule has 0 atom stereocenters. The van der Waals surface area contributed by atoms with Crippen molar-refractivity contribution in [3.63, 3.8) is 0 Å². The lowest BCUT2D eigenvalue weighted by Crippen LogP contribution is -2.19. The van der Waals surface area contributed by atoms with E-state index in [4.69, 9.17) is 0 Å². The normalized spacial score (nSPS) is 14.1. The lowest BCUT2D eigenvalue weighted by Gasteiger charge is -2.13. The molecule has 0 aromatic heterocycles. The molecule has 0 saturated carbocycles. The number of hydrogen-bond acceptors (Lipinski definition) is 1. The minimum absolute atomic E-state index is 0.998.